The molecule has 0 saturated heterocycles. The highest BCUT2D eigenvalue weighted by molar-refractivity contribution is 7.89. The number of benzene rings is 1. The molecule has 2 rings (SSSR count). The van der Waals surface area contributed by atoms with Crippen molar-refractivity contribution in [2.24, 2.45) is 5.92 Å². The second-order valence-corrected chi connectivity index (χ2v) is 7.34. The first-order chi connectivity index (χ1) is 10.0. The molecule has 124 valence electrons. The molecular formula is C13H15F4NO3S. The van der Waals surface area contributed by atoms with E-state index < -0.39 is 38.6 Å². The Morgan fingerprint density at radius 2 is 1.95 bits per heavy atom. The second kappa shape index (κ2) is 5.78. The highest BCUT2D eigenvalue weighted by Gasteiger charge is 2.40. The van der Waals surface area contributed by atoms with Gasteiger partial charge in [-0.2, -0.15) is 17.5 Å². The maximum absolute atomic E-state index is 13.0. The van der Waals surface area contributed by atoms with Crippen LogP contribution in [0.15, 0.2) is 23.1 Å². The van der Waals surface area contributed by atoms with Gasteiger partial charge in [-0.05, 0) is 37.0 Å². The monoisotopic (exact) mass is 341 g/mol. The van der Waals surface area contributed by atoms with E-state index in [0.717, 1.165) is 19.9 Å². The van der Waals surface area contributed by atoms with E-state index in [1.165, 1.54) is 0 Å². The van der Waals surface area contributed by atoms with Crippen LogP contribution in [0.2, 0.25) is 0 Å². The molecule has 0 radical (unpaired) electrons. The van der Waals surface area contributed by atoms with E-state index in [4.69, 9.17) is 0 Å². The Balaban J connectivity index is 2.36. The highest BCUT2D eigenvalue weighted by Crippen LogP contribution is 2.36. The van der Waals surface area contributed by atoms with Crippen LogP contribution >= 0.6 is 0 Å². The Kier molecular flexibility index (Phi) is 4.51. The van der Waals surface area contributed by atoms with Crippen molar-refractivity contribution in [2.75, 3.05) is 13.6 Å². The van der Waals surface area contributed by atoms with E-state index in [1.54, 1.807) is 0 Å². The van der Waals surface area contributed by atoms with Gasteiger partial charge in [0.05, 0.1) is 16.6 Å². The summed E-state index contributed by atoms with van der Waals surface area (Å²) in [4.78, 5) is -1.02. The molecule has 1 unspecified atom stereocenters. The Bertz CT molecular complexity index is 656. The fourth-order valence-corrected chi connectivity index (χ4v) is 3.49. The van der Waals surface area contributed by atoms with Gasteiger partial charge in [-0.1, -0.05) is 0 Å². The summed E-state index contributed by atoms with van der Waals surface area (Å²) in [7, 11) is -3.40. The number of alkyl halides is 3. The van der Waals surface area contributed by atoms with E-state index in [1.807, 2.05) is 0 Å². The molecule has 1 atom stereocenters. The molecule has 1 aliphatic carbocycles. The molecule has 1 aromatic rings. The van der Waals surface area contributed by atoms with Gasteiger partial charge in [-0.25, -0.2) is 12.8 Å². The lowest BCUT2D eigenvalue weighted by molar-refractivity contribution is -0.140. The Morgan fingerprint density at radius 1 is 1.36 bits per heavy atom. The van der Waals surface area contributed by atoms with Crippen molar-refractivity contribution in [1.82, 2.24) is 4.31 Å². The molecule has 1 saturated carbocycles. The molecule has 0 spiro atoms. The third-order valence-electron chi connectivity index (χ3n) is 3.55. The zero-order valence-corrected chi connectivity index (χ0v) is 12.5. The SMILES string of the molecule is CN(CC(O)C1CC1)S(=O)(=O)c1ccc(F)cc1C(F)(F)F. The minimum atomic E-state index is -5.00. The van der Waals surface area contributed by atoms with E-state index in [-0.39, 0.29) is 18.5 Å². The van der Waals surface area contributed by atoms with E-state index >= 15 is 0 Å². The van der Waals surface area contributed by atoms with Crippen LogP contribution in [0.4, 0.5) is 17.6 Å². The molecule has 1 aliphatic rings. The lowest BCUT2D eigenvalue weighted by Crippen LogP contribution is -2.36. The summed E-state index contributed by atoms with van der Waals surface area (Å²) >= 11 is 0. The Hall–Kier alpha value is -1.19. The van der Waals surface area contributed by atoms with Crippen LogP contribution in [0.1, 0.15) is 18.4 Å². The molecule has 1 N–H and O–H groups in total. The summed E-state index contributed by atoms with van der Waals surface area (Å²) in [6.45, 7) is -0.304. The van der Waals surface area contributed by atoms with Gasteiger partial charge in [0, 0.05) is 13.6 Å². The van der Waals surface area contributed by atoms with Crippen molar-refractivity contribution in [1.29, 1.82) is 0 Å². The summed E-state index contributed by atoms with van der Waals surface area (Å²) in [6.07, 6.45) is -4.39. The topological polar surface area (TPSA) is 57.6 Å². The number of aliphatic hydroxyl groups is 1. The maximum Gasteiger partial charge on any atom is 0.417 e. The summed E-state index contributed by atoms with van der Waals surface area (Å²) in [5.74, 6) is -1.19. The average Bonchev–Trinajstić information content (AvgIpc) is 3.21. The van der Waals surface area contributed by atoms with Crippen LogP contribution < -0.4 is 0 Å². The van der Waals surface area contributed by atoms with Crippen LogP contribution in [-0.4, -0.2) is 37.5 Å². The molecule has 0 aliphatic heterocycles. The smallest absolute Gasteiger partial charge is 0.391 e. The number of likely N-dealkylation sites (N-methyl/N-ethyl adjacent to an activating group) is 1. The number of hydrogen-bond donors (Lipinski definition) is 1. The van der Waals surface area contributed by atoms with Gasteiger partial charge in [0.1, 0.15) is 5.82 Å². The number of rotatable bonds is 5. The van der Waals surface area contributed by atoms with Gasteiger partial charge in [0.2, 0.25) is 10.0 Å². The normalized spacial score (nSPS) is 17.8. The molecule has 22 heavy (non-hydrogen) atoms. The first-order valence-corrected chi connectivity index (χ1v) is 7.98. The number of nitrogens with zero attached hydrogens (tertiary/aromatic N) is 1. The molecule has 0 heterocycles. The molecule has 1 fully saturated rings. The van der Waals surface area contributed by atoms with Crippen LogP contribution in [0.25, 0.3) is 0 Å². The summed E-state index contributed by atoms with van der Waals surface area (Å²) in [5, 5.41) is 9.75. The van der Waals surface area contributed by atoms with Gasteiger partial charge in [-0.15, -0.1) is 0 Å². The number of sulfonamides is 1. The lowest BCUT2D eigenvalue weighted by Gasteiger charge is -2.22. The van der Waals surface area contributed by atoms with Crippen molar-refractivity contribution < 1.29 is 31.1 Å². The van der Waals surface area contributed by atoms with Crippen molar-refractivity contribution in [3.05, 3.63) is 29.6 Å². The van der Waals surface area contributed by atoms with E-state index in [9.17, 15) is 31.1 Å². The predicted octanol–water partition coefficient (Wildman–Crippen LogP) is 2.24. The largest absolute Gasteiger partial charge is 0.417 e. The van der Waals surface area contributed by atoms with Crippen LogP contribution in [0.5, 0.6) is 0 Å². The molecule has 1 aromatic carbocycles. The summed E-state index contributed by atoms with van der Waals surface area (Å²) in [5.41, 5.74) is -1.56. The first-order valence-electron chi connectivity index (χ1n) is 6.54. The van der Waals surface area contributed by atoms with Gasteiger partial charge in [0.25, 0.3) is 0 Å². The lowest BCUT2D eigenvalue weighted by atomic mass is 10.2. The molecule has 0 amide bonds. The zero-order chi connectivity index (χ0) is 16.7. The van der Waals surface area contributed by atoms with Crippen LogP contribution in [0.3, 0.4) is 0 Å². The van der Waals surface area contributed by atoms with Gasteiger partial charge >= 0.3 is 6.18 Å². The van der Waals surface area contributed by atoms with Crippen LogP contribution in [-0.2, 0) is 16.2 Å². The quantitative estimate of drug-likeness (QED) is 0.836. The number of halogens is 4. The number of hydrogen-bond acceptors (Lipinski definition) is 3. The molecular weight excluding hydrogens is 326 g/mol. The fourth-order valence-electron chi connectivity index (χ4n) is 2.11. The minimum Gasteiger partial charge on any atom is -0.391 e. The van der Waals surface area contributed by atoms with Crippen molar-refractivity contribution in [3.8, 4) is 0 Å². The summed E-state index contributed by atoms with van der Waals surface area (Å²) < 4.78 is 77.0. The predicted molar refractivity (Wildman–Crippen MR) is 69.9 cm³/mol. The van der Waals surface area contributed by atoms with Gasteiger partial charge in [0.15, 0.2) is 0 Å². The average molecular weight is 341 g/mol. The van der Waals surface area contributed by atoms with Gasteiger partial charge in [-0.3, -0.25) is 0 Å². The molecule has 4 nitrogen and oxygen atoms in total. The van der Waals surface area contributed by atoms with Crippen molar-refractivity contribution in [2.45, 2.75) is 30.0 Å². The zero-order valence-electron chi connectivity index (χ0n) is 11.6. The fraction of sp³-hybridized carbons (Fsp3) is 0.538. The highest BCUT2D eigenvalue weighted by atomic mass is 32.2. The van der Waals surface area contributed by atoms with Gasteiger partial charge < -0.3 is 5.11 Å². The Morgan fingerprint density at radius 3 is 2.45 bits per heavy atom. The Labute approximate surface area is 125 Å². The standard InChI is InChI=1S/C13H15F4NO3S/c1-18(7-11(19)8-2-3-8)22(20,21)12-5-4-9(14)6-10(12)13(15,16)17/h4-6,8,11,19H,2-3,7H2,1H3. The molecule has 0 bridgehead atoms. The van der Waals surface area contributed by atoms with E-state index in [0.29, 0.717) is 16.4 Å². The maximum atomic E-state index is 13.0. The first kappa shape index (κ1) is 17.2. The molecule has 9 heteroatoms. The number of aliphatic hydroxyl groups excluding tert-OH is 1. The van der Waals surface area contributed by atoms with Crippen molar-refractivity contribution in [3.63, 3.8) is 0 Å². The molecule has 0 aromatic heterocycles. The third kappa shape index (κ3) is 3.58. The van der Waals surface area contributed by atoms with E-state index in [2.05, 4.69) is 0 Å². The van der Waals surface area contributed by atoms with Crippen molar-refractivity contribution >= 4 is 10.0 Å². The third-order valence-corrected chi connectivity index (χ3v) is 5.43. The second-order valence-electron chi connectivity index (χ2n) is 5.33. The summed E-state index contributed by atoms with van der Waals surface area (Å²) in [6, 6.07) is 1.40. The van der Waals surface area contributed by atoms with Crippen LogP contribution in [0, 0.1) is 11.7 Å². The minimum absolute atomic E-state index is 0.0204.